The number of hydrogen-bond donors (Lipinski definition) is 0. The van der Waals surface area contributed by atoms with Crippen LogP contribution in [0.15, 0.2) is 20.2 Å². The molecule has 23 heavy (non-hydrogen) atoms. The number of fused-ring (bicyclic) bond motifs is 1. The number of rotatable bonds is 3. The van der Waals surface area contributed by atoms with Crippen LogP contribution in [0.4, 0.5) is 0 Å². The number of imidazole rings is 1. The van der Waals surface area contributed by atoms with Crippen molar-refractivity contribution < 1.29 is 4.42 Å². The van der Waals surface area contributed by atoms with E-state index < -0.39 is 11.2 Å². The SMILES string of the molecule is CC(C)c1cnc(Cn2c(Cl)nc3c2c(=O)n(C)c(=O)n3C)o1. The van der Waals surface area contributed by atoms with E-state index in [0.717, 1.165) is 10.3 Å². The van der Waals surface area contributed by atoms with E-state index in [0.29, 0.717) is 5.89 Å². The fourth-order valence-corrected chi connectivity index (χ4v) is 2.59. The number of nitrogens with zero attached hydrogens (tertiary/aromatic N) is 5. The molecule has 122 valence electrons. The van der Waals surface area contributed by atoms with Gasteiger partial charge in [-0.1, -0.05) is 13.8 Å². The molecule has 0 saturated carbocycles. The van der Waals surface area contributed by atoms with Gasteiger partial charge in [0.05, 0.1) is 6.20 Å². The molecule has 0 saturated heterocycles. The highest BCUT2D eigenvalue weighted by Gasteiger charge is 2.19. The molecule has 0 amide bonds. The molecule has 0 unspecified atom stereocenters. The van der Waals surface area contributed by atoms with Crippen molar-refractivity contribution in [3.8, 4) is 0 Å². The first-order valence-electron chi connectivity index (χ1n) is 7.07. The lowest BCUT2D eigenvalue weighted by molar-refractivity contribution is 0.430. The quantitative estimate of drug-likeness (QED) is 0.671. The molecular weight excluding hydrogens is 322 g/mol. The molecule has 0 atom stereocenters. The molecule has 0 aliphatic carbocycles. The van der Waals surface area contributed by atoms with Crippen molar-refractivity contribution in [1.29, 1.82) is 0 Å². The molecule has 0 fully saturated rings. The minimum absolute atomic E-state index is 0.0996. The topological polar surface area (TPSA) is 87.9 Å². The Hall–Kier alpha value is -2.35. The monoisotopic (exact) mass is 337 g/mol. The summed E-state index contributed by atoms with van der Waals surface area (Å²) in [6.45, 7) is 4.15. The molecule has 3 aromatic heterocycles. The standard InChI is InChI=1S/C14H16ClN5O3/c1-7(2)8-5-16-9(23-8)6-20-10-11(17-13(20)15)18(3)14(22)19(4)12(10)21/h5,7H,6H2,1-4H3. The summed E-state index contributed by atoms with van der Waals surface area (Å²) in [6, 6.07) is 0. The predicted molar refractivity (Wildman–Crippen MR) is 84.9 cm³/mol. The zero-order valence-corrected chi connectivity index (χ0v) is 14.0. The van der Waals surface area contributed by atoms with Crippen LogP contribution >= 0.6 is 11.6 Å². The normalized spacial score (nSPS) is 11.7. The lowest BCUT2D eigenvalue weighted by atomic mass is 10.2. The van der Waals surface area contributed by atoms with Crippen molar-refractivity contribution in [2.24, 2.45) is 14.1 Å². The second kappa shape index (κ2) is 5.38. The first-order chi connectivity index (χ1) is 10.8. The average molecular weight is 338 g/mol. The second-order valence-electron chi connectivity index (χ2n) is 5.66. The van der Waals surface area contributed by atoms with Crippen molar-refractivity contribution in [1.82, 2.24) is 23.7 Å². The van der Waals surface area contributed by atoms with Gasteiger partial charge in [0.2, 0.25) is 11.2 Å². The van der Waals surface area contributed by atoms with E-state index >= 15 is 0 Å². The highest BCUT2D eigenvalue weighted by atomic mass is 35.5. The lowest BCUT2D eigenvalue weighted by Crippen LogP contribution is -2.37. The maximum absolute atomic E-state index is 12.4. The summed E-state index contributed by atoms with van der Waals surface area (Å²) in [7, 11) is 2.96. The zero-order chi connectivity index (χ0) is 16.9. The first kappa shape index (κ1) is 15.5. The minimum Gasteiger partial charge on any atom is -0.443 e. The van der Waals surface area contributed by atoms with Gasteiger partial charge in [0.1, 0.15) is 12.3 Å². The largest absolute Gasteiger partial charge is 0.443 e. The molecule has 0 aliphatic rings. The molecular formula is C14H16ClN5O3. The van der Waals surface area contributed by atoms with Crippen LogP contribution < -0.4 is 11.2 Å². The third kappa shape index (κ3) is 2.39. The summed E-state index contributed by atoms with van der Waals surface area (Å²) in [5, 5.41) is 0.0996. The molecule has 0 aromatic carbocycles. The summed E-state index contributed by atoms with van der Waals surface area (Å²) in [5.41, 5.74) is -0.442. The Bertz CT molecular complexity index is 1010. The number of oxazole rings is 1. The second-order valence-corrected chi connectivity index (χ2v) is 5.99. The van der Waals surface area contributed by atoms with Crippen LogP contribution in [0.1, 0.15) is 31.4 Å². The summed E-state index contributed by atoms with van der Waals surface area (Å²) >= 11 is 6.15. The molecule has 0 bridgehead atoms. The van der Waals surface area contributed by atoms with Gasteiger partial charge in [-0.25, -0.2) is 9.78 Å². The van der Waals surface area contributed by atoms with Gasteiger partial charge in [-0.05, 0) is 11.6 Å². The maximum atomic E-state index is 12.4. The van der Waals surface area contributed by atoms with E-state index in [1.807, 2.05) is 13.8 Å². The summed E-state index contributed by atoms with van der Waals surface area (Å²) < 4.78 is 9.45. The summed E-state index contributed by atoms with van der Waals surface area (Å²) in [6.07, 6.45) is 1.65. The van der Waals surface area contributed by atoms with Crippen molar-refractivity contribution in [2.45, 2.75) is 26.3 Å². The van der Waals surface area contributed by atoms with Gasteiger partial charge in [-0.3, -0.25) is 18.5 Å². The van der Waals surface area contributed by atoms with Crippen molar-refractivity contribution in [2.75, 3.05) is 0 Å². The fourth-order valence-electron chi connectivity index (χ4n) is 2.36. The van der Waals surface area contributed by atoms with Gasteiger partial charge in [0.15, 0.2) is 11.2 Å². The number of halogens is 1. The van der Waals surface area contributed by atoms with Gasteiger partial charge < -0.3 is 4.42 Å². The van der Waals surface area contributed by atoms with Gasteiger partial charge in [-0.2, -0.15) is 4.98 Å². The van der Waals surface area contributed by atoms with Crippen LogP contribution in [-0.4, -0.2) is 23.7 Å². The van der Waals surface area contributed by atoms with E-state index in [1.165, 1.54) is 16.2 Å². The molecule has 3 aromatic rings. The van der Waals surface area contributed by atoms with Gasteiger partial charge >= 0.3 is 5.69 Å². The molecule has 3 rings (SSSR count). The highest BCUT2D eigenvalue weighted by Crippen LogP contribution is 2.20. The molecule has 9 heteroatoms. The van der Waals surface area contributed by atoms with Gasteiger partial charge in [0.25, 0.3) is 5.56 Å². The highest BCUT2D eigenvalue weighted by molar-refractivity contribution is 6.29. The Morgan fingerprint density at radius 2 is 1.96 bits per heavy atom. The van der Waals surface area contributed by atoms with Crippen molar-refractivity contribution in [3.63, 3.8) is 0 Å². The van der Waals surface area contributed by atoms with Crippen molar-refractivity contribution >= 4 is 22.8 Å². The maximum Gasteiger partial charge on any atom is 0.332 e. The lowest BCUT2D eigenvalue weighted by Gasteiger charge is -2.05. The van der Waals surface area contributed by atoms with Crippen molar-refractivity contribution in [3.05, 3.63) is 44.0 Å². The Morgan fingerprint density at radius 1 is 1.26 bits per heavy atom. The van der Waals surface area contributed by atoms with Crippen LogP contribution in [-0.2, 0) is 20.6 Å². The zero-order valence-electron chi connectivity index (χ0n) is 13.2. The molecule has 0 spiro atoms. The molecule has 0 radical (unpaired) electrons. The van der Waals surface area contributed by atoms with E-state index in [1.54, 1.807) is 13.2 Å². The van der Waals surface area contributed by atoms with Crippen LogP contribution in [0.5, 0.6) is 0 Å². The van der Waals surface area contributed by atoms with Crippen LogP contribution in [0, 0.1) is 0 Å². The Balaban J connectivity index is 2.19. The van der Waals surface area contributed by atoms with E-state index in [2.05, 4.69) is 9.97 Å². The van der Waals surface area contributed by atoms with Crippen LogP contribution in [0.3, 0.4) is 0 Å². The third-order valence-corrected chi connectivity index (χ3v) is 4.02. The minimum atomic E-state index is -0.460. The van der Waals surface area contributed by atoms with Gasteiger partial charge in [0, 0.05) is 20.0 Å². The average Bonchev–Trinajstić information content (AvgIpc) is 3.09. The smallest absolute Gasteiger partial charge is 0.332 e. The molecule has 0 aliphatic heterocycles. The van der Waals surface area contributed by atoms with E-state index in [-0.39, 0.29) is 28.9 Å². The van der Waals surface area contributed by atoms with Gasteiger partial charge in [-0.15, -0.1) is 0 Å². The third-order valence-electron chi connectivity index (χ3n) is 3.74. The number of hydrogen-bond acceptors (Lipinski definition) is 5. The number of aryl methyl sites for hydroxylation is 1. The Labute approximate surface area is 135 Å². The van der Waals surface area contributed by atoms with Crippen LogP contribution in [0.25, 0.3) is 11.2 Å². The summed E-state index contributed by atoms with van der Waals surface area (Å²) in [4.78, 5) is 32.7. The van der Waals surface area contributed by atoms with Crippen LogP contribution in [0.2, 0.25) is 5.28 Å². The molecule has 8 nitrogen and oxygen atoms in total. The molecule has 3 heterocycles. The first-order valence-corrected chi connectivity index (χ1v) is 7.45. The predicted octanol–water partition coefficient (Wildman–Crippen LogP) is 1.25. The van der Waals surface area contributed by atoms with E-state index in [4.69, 9.17) is 16.0 Å². The molecule has 0 N–H and O–H groups in total. The fraction of sp³-hybridized carbons (Fsp3) is 0.429. The Kier molecular flexibility index (Phi) is 3.63. The van der Waals surface area contributed by atoms with E-state index in [9.17, 15) is 9.59 Å². The number of aromatic nitrogens is 5. The Morgan fingerprint density at radius 3 is 2.57 bits per heavy atom. The summed E-state index contributed by atoms with van der Waals surface area (Å²) in [5.74, 6) is 1.38.